The summed E-state index contributed by atoms with van der Waals surface area (Å²) in [5.74, 6) is 0.225. The Hall–Kier alpha value is -2.48. The van der Waals surface area contributed by atoms with Gasteiger partial charge in [-0.3, -0.25) is 25.1 Å². The van der Waals surface area contributed by atoms with E-state index >= 15 is 0 Å². The molecule has 0 unspecified atom stereocenters. The van der Waals surface area contributed by atoms with Gasteiger partial charge < -0.3 is 4.74 Å². The lowest BCUT2D eigenvalue weighted by Gasteiger charge is -2.45. The molecule has 24 heavy (non-hydrogen) atoms. The molecule has 1 aliphatic heterocycles. The maximum absolute atomic E-state index is 11.9. The molecule has 0 saturated carbocycles. The number of likely N-dealkylation sites (tertiary alicyclic amines) is 1. The molecule has 2 atom stereocenters. The van der Waals surface area contributed by atoms with Crippen LogP contribution >= 0.6 is 0 Å². The molecule has 1 aliphatic carbocycles. The highest BCUT2D eigenvalue weighted by Gasteiger charge is 2.66. The largest absolute Gasteiger partial charge is 0.494 e. The molecule has 8 nitrogen and oxygen atoms in total. The molecular formula is C16H19N3O5. The Kier molecular flexibility index (Phi) is 4.00. The van der Waals surface area contributed by atoms with Crippen LogP contribution in [0.5, 0.6) is 0 Å². The van der Waals surface area contributed by atoms with Crippen molar-refractivity contribution in [3.63, 3.8) is 0 Å². The van der Waals surface area contributed by atoms with E-state index in [1.54, 1.807) is 4.90 Å². The van der Waals surface area contributed by atoms with Crippen molar-refractivity contribution >= 4 is 0 Å². The van der Waals surface area contributed by atoms with Crippen LogP contribution in [0.25, 0.3) is 0 Å². The van der Waals surface area contributed by atoms with Crippen LogP contribution in [0.1, 0.15) is 18.4 Å². The minimum absolute atomic E-state index is 0.101. The summed E-state index contributed by atoms with van der Waals surface area (Å²) in [4.78, 5) is 24.6. The van der Waals surface area contributed by atoms with Gasteiger partial charge in [0.15, 0.2) is 5.76 Å². The zero-order valence-corrected chi connectivity index (χ0v) is 13.4. The van der Waals surface area contributed by atoms with Gasteiger partial charge in [-0.15, -0.1) is 0 Å². The number of piperidine rings is 1. The second kappa shape index (κ2) is 5.86. The van der Waals surface area contributed by atoms with Crippen LogP contribution in [0.2, 0.25) is 0 Å². The van der Waals surface area contributed by atoms with Crippen LogP contribution in [0, 0.1) is 20.2 Å². The maximum Gasteiger partial charge on any atom is 0.296 e. The van der Waals surface area contributed by atoms with Crippen molar-refractivity contribution in [1.29, 1.82) is 0 Å². The van der Waals surface area contributed by atoms with Crippen molar-refractivity contribution in [3.8, 4) is 0 Å². The first kappa shape index (κ1) is 16.4. The van der Waals surface area contributed by atoms with E-state index in [4.69, 9.17) is 4.74 Å². The first-order valence-electron chi connectivity index (χ1n) is 7.72. The average molecular weight is 333 g/mol. The molecule has 0 N–H and O–H groups in total. The smallest absolute Gasteiger partial charge is 0.296 e. The van der Waals surface area contributed by atoms with Crippen molar-refractivity contribution in [2.24, 2.45) is 0 Å². The van der Waals surface area contributed by atoms with Crippen LogP contribution in [-0.2, 0) is 11.3 Å². The number of hydrogen-bond acceptors (Lipinski definition) is 6. The predicted molar refractivity (Wildman–Crippen MR) is 85.5 cm³/mol. The van der Waals surface area contributed by atoms with E-state index in [0.717, 1.165) is 5.56 Å². The predicted octanol–water partition coefficient (Wildman–Crippen LogP) is 1.86. The monoisotopic (exact) mass is 333 g/mol. The van der Waals surface area contributed by atoms with Crippen LogP contribution in [0.15, 0.2) is 42.2 Å². The molecule has 2 bridgehead atoms. The van der Waals surface area contributed by atoms with Gasteiger partial charge in [0.2, 0.25) is 5.54 Å². The third kappa shape index (κ3) is 2.52. The standard InChI is InChI=1S/C16H19N3O5/c1-24-14-7-8-15(18(20)21)10-16(14,19(22)23)12-17(11-15)9-13-5-3-2-4-6-13/h2-7H,8-12H2,1H3/t15-,16+/m0/s1. The Bertz CT molecular complexity index is 692. The fraction of sp³-hybridized carbons (Fsp3) is 0.500. The molecule has 0 amide bonds. The fourth-order valence-corrected chi connectivity index (χ4v) is 3.91. The van der Waals surface area contributed by atoms with Gasteiger partial charge in [0.1, 0.15) is 0 Å². The highest BCUT2D eigenvalue weighted by molar-refractivity contribution is 5.24. The van der Waals surface area contributed by atoms with E-state index in [1.807, 2.05) is 30.3 Å². The maximum atomic E-state index is 11.9. The van der Waals surface area contributed by atoms with E-state index in [0.29, 0.717) is 6.54 Å². The first-order valence-corrected chi connectivity index (χ1v) is 7.72. The van der Waals surface area contributed by atoms with Gasteiger partial charge in [-0.2, -0.15) is 0 Å². The highest BCUT2D eigenvalue weighted by Crippen LogP contribution is 2.44. The lowest BCUT2D eigenvalue weighted by molar-refractivity contribution is -0.624. The molecule has 1 fully saturated rings. The molecule has 1 aromatic rings. The zero-order valence-electron chi connectivity index (χ0n) is 13.4. The molecule has 2 aliphatic rings. The first-order chi connectivity index (χ1) is 11.4. The summed E-state index contributed by atoms with van der Waals surface area (Å²) in [5, 5.41) is 23.6. The molecule has 3 rings (SSSR count). The molecule has 1 aromatic carbocycles. The van der Waals surface area contributed by atoms with E-state index in [-0.39, 0.29) is 36.6 Å². The number of benzene rings is 1. The third-order valence-electron chi connectivity index (χ3n) is 4.96. The second-order valence-electron chi connectivity index (χ2n) is 6.55. The van der Waals surface area contributed by atoms with Crippen molar-refractivity contribution in [1.82, 2.24) is 4.90 Å². The summed E-state index contributed by atoms with van der Waals surface area (Å²) in [7, 11) is 1.38. The van der Waals surface area contributed by atoms with Crippen LogP contribution in [-0.4, -0.2) is 46.0 Å². The molecule has 1 heterocycles. The molecule has 1 saturated heterocycles. The number of nitrogens with zero attached hydrogens (tertiary/aromatic N) is 3. The fourth-order valence-electron chi connectivity index (χ4n) is 3.91. The van der Waals surface area contributed by atoms with Crippen molar-refractivity contribution < 1.29 is 14.6 Å². The minimum atomic E-state index is -1.56. The number of ether oxygens (including phenoxy) is 1. The van der Waals surface area contributed by atoms with E-state index in [1.165, 1.54) is 13.2 Å². The van der Waals surface area contributed by atoms with Crippen LogP contribution in [0.3, 0.4) is 0 Å². The third-order valence-corrected chi connectivity index (χ3v) is 4.96. The molecular weight excluding hydrogens is 314 g/mol. The SMILES string of the molecule is COC1=CC[C@@]2([N+](=O)[O-])CN(Cc3ccccc3)C[C@]1([N+](=O)[O-])C2. The summed E-state index contributed by atoms with van der Waals surface area (Å²) < 4.78 is 5.23. The van der Waals surface area contributed by atoms with Gasteiger partial charge in [-0.05, 0) is 11.6 Å². The molecule has 8 heteroatoms. The van der Waals surface area contributed by atoms with E-state index in [2.05, 4.69) is 0 Å². The number of nitro groups is 2. The van der Waals surface area contributed by atoms with Crippen LogP contribution < -0.4 is 0 Å². The van der Waals surface area contributed by atoms with Gasteiger partial charge in [-0.1, -0.05) is 30.3 Å². The van der Waals surface area contributed by atoms with E-state index in [9.17, 15) is 20.2 Å². The van der Waals surface area contributed by atoms with Gasteiger partial charge in [0.25, 0.3) is 5.54 Å². The zero-order chi connectivity index (χ0) is 17.4. The number of fused-ring (bicyclic) bond motifs is 2. The topological polar surface area (TPSA) is 98.8 Å². The average Bonchev–Trinajstić information content (AvgIpc) is 2.55. The minimum Gasteiger partial charge on any atom is -0.494 e. The quantitative estimate of drug-likeness (QED) is 0.602. The Morgan fingerprint density at radius 2 is 1.88 bits per heavy atom. The van der Waals surface area contributed by atoms with Crippen molar-refractivity contribution in [3.05, 3.63) is 68.0 Å². The lowest BCUT2D eigenvalue weighted by Crippen LogP contribution is -2.67. The van der Waals surface area contributed by atoms with E-state index < -0.39 is 16.0 Å². The highest BCUT2D eigenvalue weighted by atomic mass is 16.6. The Balaban J connectivity index is 1.99. The summed E-state index contributed by atoms with van der Waals surface area (Å²) in [6, 6.07) is 9.47. The van der Waals surface area contributed by atoms with Gasteiger partial charge >= 0.3 is 0 Å². The molecule has 0 spiro atoms. The number of hydrogen-bond donors (Lipinski definition) is 0. The van der Waals surface area contributed by atoms with Gasteiger partial charge in [0, 0.05) is 22.8 Å². The summed E-state index contributed by atoms with van der Waals surface area (Å²) >= 11 is 0. The van der Waals surface area contributed by atoms with Gasteiger partial charge in [0.05, 0.1) is 26.6 Å². The second-order valence-corrected chi connectivity index (χ2v) is 6.55. The number of rotatable bonds is 5. The Morgan fingerprint density at radius 3 is 2.46 bits per heavy atom. The summed E-state index contributed by atoms with van der Waals surface area (Å²) in [6.07, 6.45) is 1.53. The van der Waals surface area contributed by atoms with Crippen molar-refractivity contribution in [2.75, 3.05) is 20.2 Å². The van der Waals surface area contributed by atoms with Crippen molar-refractivity contribution in [2.45, 2.75) is 30.5 Å². The van der Waals surface area contributed by atoms with Crippen LogP contribution in [0.4, 0.5) is 0 Å². The summed E-state index contributed by atoms with van der Waals surface area (Å²) in [6.45, 7) is 0.727. The Morgan fingerprint density at radius 1 is 1.17 bits per heavy atom. The molecule has 0 radical (unpaired) electrons. The lowest BCUT2D eigenvalue weighted by atomic mass is 9.71. The normalized spacial score (nSPS) is 29.6. The summed E-state index contributed by atoms with van der Waals surface area (Å²) in [5.41, 5.74) is -1.94. The van der Waals surface area contributed by atoms with Gasteiger partial charge in [-0.25, -0.2) is 0 Å². The Labute approximate surface area is 139 Å². The molecule has 128 valence electrons. The number of methoxy groups -OCH3 is 1. The molecule has 0 aromatic heterocycles.